The highest BCUT2D eigenvalue weighted by atomic mass is 79.9. The van der Waals surface area contributed by atoms with Gasteiger partial charge in [-0.1, -0.05) is 0 Å². The fourth-order valence-electron chi connectivity index (χ4n) is 1.34. The Hall–Kier alpha value is -0.740. The van der Waals surface area contributed by atoms with Gasteiger partial charge in [0.1, 0.15) is 5.78 Å². The predicted octanol–water partition coefficient (Wildman–Crippen LogP) is 2.08. The van der Waals surface area contributed by atoms with Crippen LogP contribution in [-0.4, -0.2) is 17.3 Å². The topological polar surface area (TPSA) is 56.0 Å². The van der Waals surface area contributed by atoms with Crippen molar-refractivity contribution in [2.45, 2.75) is 25.7 Å². The molecule has 0 spiro atoms. The van der Waals surface area contributed by atoms with E-state index < -0.39 is 0 Å². The molecular formula is C11H15BrN2O. The van der Waals surface area contributed by atoms with E-state index in [1.54, 1.807) is 12.4 Å². The van der Waals surface area contributed by atoms with Crippen LogP contribution in [0.5, 0.6) is 0 Å². The van der Waals surface area contributed by atoms with E-state index in [1.807, 2.05) is 6.07 Å². The van der Waals surface area contributed by atoms with Crippen molar-refractivity contribution in [3.8, 4) is 0 Å². The lowest BCUT2D eigenvalue weighted by molar-refractivity contribution is -0.118. The molecule has 0 bridgehead atoms. The first-order valence-electron chi connectivity index (χ1n) is 5.03. The van der Waals surface area contributed by atoms with E-state index in [0.29, 0.717) is 19.4 Å². The van der Waals surface area contributed by atoms with E-state index in [4.69, 9.17) is 5.73 Å². The van der Waals surface area contributed by atoms with E-state index >= 15 is 0 Å². The highest BCUT2D eigenvalue weighted by Crippen LogP contribution is 2.11. The number of carbonyl (C=O) groups is 1. The molecule has 1 aromatic heterocycles. The van der Waals surface area contributed by atoms with E-state index in [0.717, 1.165) is 22.9 Å². The summed E-state index contributed by atoms with van der Waals surface area (Å²) in [5.41, 5.74) is 6.32. The third kappa shape index (κ3) is 5.04. The van der Waals surface area contributed by atoms with Crippen molar-refractivity contribution < 1.29 is 4.79 Å². The molecule has 1 rings (SSSR count). The molecule has 0 saturated heterocycles. The molecule has 0 radical (unpaired) electrons. The van der Waals surface area contributed by atoms with Crippen molar-refractivity contribution in [3.05, 3.63) is 28.5 Å². The smallest absolute Gasteiger partial charge is 0.137 e. The maximum absolute atomic E-state index is 11.5. The van der Waals surface area contributed by atoms with Crippen LogP contribution in [0.2, 0.25) is 0 Å². The van der Waals surface area contributed by atoms with E-state index in [-0.39, 0.29) is 5.78 Å². The lowest BCUT2D eigenvalue weighted by Crippen LogP contribution is -2.05. The molecule has 0 aliphatic rings. The van der Waals surface area contributed by atoms with Crippen molar-refractivity contribution in [2.24, 2.45) is 5.73 Å². The molecule has 0 fully saturated rings. The number of nitrogens with zero attached hydrogens (tertiary/aromatic N) is 1. The number of rotatable bonds is 6. The van der Waals surface area contributed by atoms with Gasteiger partial charge in [0.15, 0.2) is 0 Å². The highest BCUT2D eigenvalue weighted by Gasteiger charge is 2.04. The molecule has 1 aromatic rings. The number of halogens is 1. The Morgan fingerprint density at radius 3 is 2.87 bits per heavy atom. The van der Waals surface area contributed by atoms with Gasteiger partial charge in [-0.15, -0.1) is 0 Å². The van der Waals surface area contributed by atoms with Gasteiger partial charge in [-0.3, -0.25) is 9.78 Å². The summed E-state index contributed by atoms with van der Waals surface area (Å²) < 4.78 is 0.912. The summed E-state index contributed by atoms with van der Waals surface area (Å²) in [6.07, 6.45) is 6.33. The first-order valence-corrected chi connectivity index (χ1v) is 5.83. The number of ketones is 1. The molecule has 0 aliphatic carbocycles. The quantitative estimate of drug-likeness (QED) is 0.806. The third-order valence-electron chi connectivity index (χ3n) is 2.07. The Bertz CT molecular complexity index is 328. The SMILES string of the molecule is NCCCCC(=O)Cc1cncc(Br)c1. The minimum atomic E-state index is 0.253. The molecule has 0 saturated carbocycles. The molecule has 1 heterocycles. The second kappa shape index (κ2) is 6.69. The van der Waals surface area contributed by atoms with Crippen molar-refractivity contribution in [2.75, 3.05) is 6.54 Å². The first kappa shape index (κ1) is 12.3. The van der Waals surface area contributed by atoms with E-state index in [1.165, 1.54) is 0 Å². The van der Waals surface area contributed by atoms with Crippen LogP contribution < -0.4 is 5.73 Å². The summed E-state index contributed by atoms with van der Waals surface area (Å²) in [6.45, 7) is 0.658. The van der Waals surface area contributed by atoms with Crippen LogP contribution in [-0.2, 0) is 11.2 Å². The fourth-order valence-corrected chi connectivity index (χ4v) is 1.75. The molecule has 4 heteroatoms. The van der Waals surface area contributed by atoms with Crippen LogP contribution in [0.3, 0.4) is 0 Å². The van der Waals surface area contributed by atoms with Gasteiger partial charge in [-0.2, -0.15) is 0 Å². The van der Waals surface area contributed by atoms with Gasteiger partial charge in [-0.05, 0) is 46.9 Å². The molecule has 82 valence electrons. The summed E-state index contributed by atoms with van der Waals surface area (Å²) >= 11 is 3.33. The Morgan fingerprint density at radius 1 is 1.40 bits per heavy atom. The van der Waals surface area contributed by atoms with Gasteiger partial charge in [-0.25, -0.2) is 0 Å². The van der Waals surface area contributed by atoms with Crippen LogP contribution in [0.1, 0.15) is 24.8 Å². The van der Waals surface area contributed by atoms with Crippen LogP contribution in [0.4, 0.5) is 0 Å². The fraction of sp³-hybridized carbons (Fsp3) is 0.455. The van der Waals surface area contributed by atoms with Crippen molar-refractivity contribution >= 4 is 21.7 Å². The third-order valence-corrected chi connectivity index (χ3v) is 2.51. The Balaban J connectivity index is 2.37. The summed E-state index contributed by atoms with van der Waals surface area (Å²) in [6, 6.07) is 1.92. The largest absolute Gasteiger partial charge is 0.330 e. The lowest BCUT2D eigenvalue weighted by Gasteiger charge is -2.01. The molecule has 0 amide bonds. The molecular weight excluding hydrogens is 256 g/mol. The highest BCUT2D eigenvalue weighted by molar-refractivity contribution is 9.10. The second-order valence-electron chi connectivity index (χ2n) is 3.47. The monoisotopic (exact) mass is 270 g/mol. The molecule has 0 aromatic carbocycles. The summed E-state index contributed by atoms with van der Waals surface area (Å²) in [5, 5.41) is 0. The van der Waals surface area contributed by atoms with Gasteiger partial charge in [0.05, 0.1) is 0 Å². The van der Waals surface area contributed by atoms with Gasteiger partial charge >= 0.3 is 0 Å². The number of aromatic nitrogens is 1. The molecule has 15 heavy (non-hydrogen) atoms. The van der Waals surface area contributed by atoms with Gasteiger partial charge in [0.25, 0.3) is 0 Å². The van der Waals surface area contributed by atoms with Crippen molar-refractivity contribution in [1.82, 2.24) is 4.98 Å². The van der Waals surface area contributed by atoms with Gasteiger partial charge in [0.2, 0.25) is 0 Å². The van der Waals surface area contributed by atoms with Gasteiger partial charge < -0.3 is 5.73 Å². The average Bonchev–Trinajstić information content (AvgIpc) is 2.18. The van der Waals surface area contributed by atoms with Crippen LogP contribution in [0.15, 0.2) is 22.9 Å². The summed E-state index contributed by atoms with van der Waals surface area (Å²) in [5.74, 6) is 0.253. The van der Waals surface area contributed by atoms with E-state index in [2.05, 4.69) is 20.9 Å². The lowest BCUT2D eigenvalue weighted by atomic mass is 10.1. The zero-order valence-corrected chi connectivity index (χ0v) is 10.2. The minimum Gasteiger partial charge on any atom is -0.330 e. The number of hydrogen-bond donors (Lipinski definition) is 1. The van der Waals surface area contributed by atoms with Crippen molar-refractivity contribution in [1.29, 1.82) is 0 Å². The Labute approximate surface area is 98.2 Å². The normalized spacial score (nSPS) is 10.3. The standard InChI is InChI=1S/C11H15BrN2O/c12-10-5-9(7-14-8-10)6-11(15)3-1-2-4-13/h5,7-8H,1-4,6,13H2. The van der Waals surface area contributed by atoms with Crippen molar-refractivity contribution in [3.63, 3.8) is 0 Å². The number of unbranched alkanes of at least 4 members (excludes halogenated alkanes) is 1. The maximum atomic E-state index is 11.5. The zero-order chi connectivity index (χ0) is 11.1. The number of pyridine rings is 1. The second-order valence-corrected chi connectivity index (χ2v) is 4.39. The molecule has 0 unspecified atom stereocenters. The molecule has 0 atom stereocenters. The van der Waals surface area contributed by atoms with Crippen LogP contribution in [0.25, 0.3) is 0 Å². The predicted molar refractivity (Wildman–Crippen MR) is 63.6 cm³/mol. The minimum absolute atomic E-state index is 0.253. The van der Waals surface area contributed by atoms with Crippen LogP contribution in [0, 0.1) is 0 Å². The number of hydrogen-bond acceptors (Lipinski definition) is 3. The number of Topliss-reactive ketones (excluding diaryl/α,β-unsaturated/α-hetero) is 1. The first-order chi connectivity index (χ1) is 7.22. The molecule has 2 N–H and O–H groups in total. The zero-order valence-electron chi connectivity index (χ0n) is 8.58. The average molecular weight is 271 g/mol. The molecule has 3 nitrogen and oxygen atoms in total. The summed E-state index contributed by atoms with van der Waals surface area (Å²) in [7, 11) is 0. The maximum Gasteiger partial charge on any atom is 0.137 e. The number of carbonyl (C=O) groups excluding carboxylic acids is 1. The summed E-state index contributed by atoms with van der Waals surface area (Å²) in [4.78, 5) is 15.5. The van der Waals surface area contributed by atoms with E-state index in [9.17, 15) is 4.79 Å². The number of nitrogens with two attached hydrogens (primary N) is 1. The Kier molecular flexibility index (Phi) is 5.50. The van der Waals surface area contributed by atoms with Crippen LogP contribution >= 0.6 is 15.9 Å². The van der Waals surface area contributed by atoms with Gasteiger partial charge in [0, 0.05) is 29.7 Å². The molecule has 0 aliphatic heterocycles. The Morgan fingerprint density at radius 2 is 2.20 bits per heavy atom.